The maximum atomic E-state index is 13.4. The number of nitrogens with zero attached hydrogens (tertiary/aromatic N) is 1. The zero-order valence-corrected chi connectivity index (χ0v) is 50.2. The number of carbonyl (C=O) groups is 5. The molecule has 14 nitrogen and oxygen atoms in total. The highest BCUT2D eigenvalue weighted by Gasteiger charge is 2.25. The molecule has 4 unspecified atom stereocenters. The number of alkyl carbamates (subject to hydrolysis) is 1. The third-order valence-corrected chi connectivity index (χ3v) is 14.0. The normalized spacial score (nSPS) is 12.6. The summed E-state index contributed by atoms with van der Waals surface area (Å²) in [6, 6.07) is 17.5. The van der Waals surface area contributed by atoms with Gasteiger partial charge in [0.2, 0.25) is 11.9 Å². The van der Waals surface area contributed by atoms with Crippen LogP contribution in [0.5, 0.6) is 0 Å². The minimum atomic E-state index is -0.830. The summed E-state index contributed by atoms with van der Waals surface area (Å²) < 4.78 is 22.1. The molecule has 4 atom stereocenters. The Morgan fingerprint density at radius 3 is 1.46 bits per heavy atom. The van der Waals surface area contributed by atoms with Gasteiger partial charge in [0, 0.05) is 18.9 Å². The van der Waals surface area contributed by atoms with Gasteiger partial charge in [-0.25, -0.2) is 9.59 Å². The van der Waals surface area contributed by atoms with E-state index in [1.807, 2.05) is 74.5 Å². The van der Waals surface area contributed by atoms with E-state index in [4.69, 9.17) is 18.9 Å². The molecule has 0 aliphatic heterocycles. The molecule has 2 rings (SSSR count). The molecule has 446 valence electrons. The fourth-order valence-corrected chi connectivity index (χ4v) is 8.81. The van der Waals surface area contributed by atoms with Crippen molar-refractivity contribution in [1.82, 2.24) is 16.0 Å². The number of benzene rings is 2. The highest BCUT2D eigenvalue weighted by atomic mass is 16.6. The van der Waals surface area contributed by atoms with Crippen LogP contribution in [0.25, 0.3) is 0 Å². The molecule has 79 heavy (non-hydrogen) atoms. The summed E-state index contributed by atoms with van der Waals surface area (Å²) >= 11 is 0. The summed E-state index contributed by atoms with van der Waals surface area (Å²) in [5.41, 5.74) is 1.59. The number of esters is 2. The highest BCUT2D eigenvalue weighted by Crippen LogP contribution is 2.22. The summed E-state index contributed by atoms with van der Waals surface area (Å²) in [6.45, 7) is 15.7. The zero-order valence-electron chi connectivity index (χ0n) is 50.2. The number of hydrogen-bond acceptors (Lipinski definition) is 11. The monoisotopic (exact) mass is 1100 g/mol. The largest absolute Gasteiger partial charge is 0.466 e. The van der Waals surface area contributed by atoms with Gasteiger partial charge in [-0.05, 0) is 75.3 Å². The van der Waals surface area contributed by atoms with E-state index in [9.17, 15) is 28.8 Å². The van der Waals surface area contributed by atoms with Crippen LogP contribution in [-0.2, 0) is 56.1 Å². The molecule has 2 aromatic rings. The van der Waals surface area contributed by atoms with E-state index in [-0.39, 0.29) is 85.8 Å². The lowest BCUT2D eigenvalue weighted by atomic mass is 9.94. The van der Waals surface area contributed by atoms with Gasteiger partial charge in [0.15, 0.2) is 11.7 Å². The number of guanidine groups is 1. The number of nitrogens with one attached hydrogen (secondary N) is 3. The molecular weight excluding hydrogens is 997 g/mol. The van der Waals surface area contributed by atoms with Crippen molar-refractivity contribution in [2.24, 2.45) is 22.7 Å². The Morgan fingerprint density at radius 1 is 0.506 bits per heavy atom. The molecule has 0 spiro atoms. The first kappa shape index (κ1) is 71.5. The van der Waals surface area contributed by atoms with E-state index in [1.54, 1.807) is 5.94 Å². The van der Waals surface area contributed by atoms with Gasteiger partial charge < -0.3 is 24.3 Å². The van der Waals surface area contributed by atoms with Crippen LogP contribution in [0.4, 0.5) is 4.79 Å². The second-order valence-electron chi connectivity index (χ2n) is 21.0. The molecule has 2 aromatic carbocycles. The second-order valence-corrected chi connectivity index (χ2v) is 21.0. The first-order valence-corrected chi connectivity index (χ1v) is 30.8. The first-order chi connectivity index (χ1) is 38.5. The lowest BCUT2D eigenvalue weighted by molar-refractivity contribution is -0.150. The number of amides is 2. The molecule has 0 aromatic heterocycles. The Labute approximate surface area is 477 Å². The van der Waals surface area contributed by atoms with E-state index in [0.29, 0.717) is 38.9 Å². The molecule has 3 N–H and O–H groups in total. The maximum Gasteiger partial charge on any atom is 0.414 e. The molecule has 0 aliphatic rings. The molecule has 0 heterocycles. The Kier molecular flexibility index (Phi) is 44.9. The van der Waals surface area contributed by atoms with Crippen LogP contribution in [0.2, 0.25) is 0 Å². The van der Waals surface area contributed by atoms with Gasteiger partial charge in [-0.3, -0.25) is 34.8 Å². The van der Waals surface area contributed by atoms with Crippen LogP contribution >= 0.6 is 0 Å². The Balaban J connectivity index is 0.00000139. The van der Waals surface area contributed by atoms with Crippen molar-refractivity contribution in [2.75, 3.05) is 19.8 Å². The third-order valence-electron chi connectivity index (χ3n) is 14.0. The number of ketones is 1. The lowest BCUT2D eigenvalue weighted by Gasteiger charge is -2.20. The van der Waals surface area contributed by atoms with E-state index < -0.39 is 12.1 Å². The van der Waals surface area contributed by atoms with Gasteiger partial charge in [0.25, 0.3) is 5.88 Å². The molecule has 0 saturated carbocycles. The number of rotatable bonds is 45. The van der Waals surface area contributed by atoms with Crippen molar-refractivity contribution in [2.45, 2.75) is 254 Å². The Hall–Kier alpha value is -5.49. The SMILES string of the molecule is CCCCCCC(CCCC)C(=O)OCCCCC.CCCCCCCCC(CCCCCC)C(=O)OCCCCCC(=O)NC(CCN=C(NC(=O)OCc1ccccc1)NC(=C=O)OCc1ccccc1)C(=O)C(C)CC. The zero-order chi connectivity index (χ0) is 58.0. The van der Waals surface area contributed by atoms with Crippen molar-refractivity contribution < 1.29 is 47.7 Å². The van der Waals surface area contributed by atoms with Crippen LogP contribution in [-0.4, -0.2) is 67.4 Å². The van der Waals surface area contributed by atoms with Crippen LogP contribution in [0, 0.1) is 17.8 Å². The molecule has 0 bridgehead atoms. The van der Waals surface area contributed by atoms with Gasteiger partial charge in [0.1, 0.15) is 13.2 Å². The minimum absolute atomic E-state index is 0.00245. The predicted molar refractivity (Wildman–Crippen MR) is 319 cm³/mol. The molecular formula is C65H106N4O10. The minimum Gasteiger partial charge on any atom is -0.466 e. The van der Waals surface area contributed by atoms with E-state index in [1.165, 1.54) is 64.2 Å². The van der Waals surface area contributed by atoms with Crippen LogP contribution in [0.3, 0.4) is 0 Å². The van der Waals surface area contributed by atoms with Crippen LogP contribution in [0.15, 0.2) is 71.5 Å². The van der Waals surface area contributed by atoms with Crippen molar-refractivity contribution >= 4 is 41.6 Å². The number of ether oxygens (including phenoxy) is 4. The second kappa shape index (κ2) is 49.5. The maximum absolute atomic E-state index is 13.4. The highest BCUT2D eigenvalue weighted by molar-refractivity contribution is 5.95. The van der Waals surface area contributed by atoms with Gasteiger partial charge in [-0.15, -0.1) is 0 Å². The fraction of sp³-hybridized carbons (Fsp3) is 0.692. The quantitative estimate of drug-likeness (QED) is 0.0109. The van der Waals surface area contributed by atoms with E-state index in [2.05, 4.69) is 55.6 Å². The van der Waals surface area contributed by atoms with Crippen molar-refractivity contribution in [3.63, 3.8) is 0 Å². The number of unbranched alkanes of at least 4 members (excludes halogenated alkanes) is 16. The third kappa shape index (κ3) is 37.9. The molecule has 0 aliphatic carbocycles. The average molecular weight is 1100 g/mol. The summed E-state index contributed by atoms with van der Waals surface area (Å²) in [7, 11) is 0. The topological polar surface area (TPSA) is 188 Å². The first-order valence-electron chi connectivity index (χ1n) is 30.8. The van der Waals surface area contributed by atoms with E-state index >= 15 is 0 Å². The lowest BCUT2D eigenvalue weighted by Crippen LogP contribution is -2.44. The number of hydrogen-bond donors (Lipinski definition) is 3. The van der Waals surface area contributed by atoms with Gasteiger partial charge >= 0.3 is 18.0 Å². The van der Waals surface area contributed by atoms with Crippen molar-refractivity contribution in [3.8, 4) is 0 Å². The molecule has 0 saturated heterocycles. The summed E-state index contributed by atoms with van der Waals surface area (Å²) in [4.78, 5) is 80.6. The van der Waals surface area contributed by atoms with Gasteiger partial charge in [-0.1, -0.05) is 225 Å². The summed E-state index contributed by atoms with van der Waals surface area (Å²) in [6.07, 6.45) is 28.2. The average Bonchev–Trinajstić information content (AvgIpc) is 3.46. The van der Waals surface area contributed by atoms with Gasteiger partial charge in [-0.2, -0.15) is 0 Å². The molecule has 0 fully saturated rings. The smallest absolute Gasteiger partial charge is 0.414 e. The van der Waals surface area contributed by atoms with Crippen molar-refractivity contribution in [1.29, 1.82) is 0 Å². The molecule has 0 radical (unpaired) electrons. The van der Waals surface area contributed by atoms with Crippen LogP contribution < -0.4 is 16.0 Å². The Bertz CT molecular complexity index is 1960. The molecule has 2 amide bonds. The van der Waals surface area contributed by atoms with E-state index in [0.717, 1.165) is 94.6 Å². The summed E-state index contributed by atoms with van der Waals surface area (Å²) in [5, 5.41) is 8.08. The number of aliphatic imine (C=N–C) groups is 1. The number of carbonyl (C=O) groups excluding carboxylic acids is 6. The van der Waals surface area contributed by atoms with Gasteiger partial charge in [0.05, 0.1) is 31.1 Å². The molecule has 14 heteroatoms. The standard InChI is InChI=1S/C48H72N4O8.C17H34O2/c1-5-8-10-12-13-22-30-41(29-21-11-9-6-2)46(56)58-34-24-16-23-31-43(54)50-42(45(55)38(4)7-3)32-33-49-47(52-48(57)60-37-40-27-19-15-20-28-40)51-44(35-53)59-36-39-25-17-14-18-26-39;1-4-7-10-11-14-16(13-9-6-3)17(18)19-15-12-8-5-2/h14-15,17-20,25-28,38,41-42H,5-13,16,21-24,29-34,36-37H2,1-4H3,(H,50,54)(H2,49,51,52,57);16H,4-15H2,1-3H3. The van der Waals surface area contributed by atoms with Crippen LogP contribution in [0.1, 0.15) is 246 Å². The van der Waals surface area contributed by atoms with Crippen molar-refractivity contribution in [3.05, 3.63) is 77.7 Å². The summed E-state index contributed by atoms with van der Waals surface area (Å²) in [5.74, 6) is 0.617. The Morgan fingerprint density at radius 2 is 0.949 bits per heavy atom. The predicted octanol–water partition coefficient (Wildman–Crippen LogP) is 15.2. The number of Topliss-reactive ketones (excluding diaryl/α,β-unsaturated/α-hetero) is 1. The fourth-order valence-electron chi connectivity index (χ4n) is 8.81.